The molecule has 0 spiro atoms. The summed E-state index contributed by atoms with van der Waals surface area (Å²) in [5, 5.41) is 0.582. The smallest absolute Gasteiger partial charge is 0.178 e. The van der Waals surface area contributed by atoms with Crippen LogP contribution < -0.4 is 0 Å². The lowest BCUT2D eigenvalue weighted by Gasteiger charge is -1.92. The van der Waals surface area contributed by atoms with Crippen LogP contribution in [0.5, 0.6) is 0 Å². The SMILES string of the molecule is O=C/C(F)=C\c1ccc(Cl)cc1. The highest BCUT2D eigenvalue weighted by Gasteiger charge is 1.92. The van der Waals surface area contributed by atoms with E-state index in [1.165, 1.54) is 0 Å². The molecule has 0 aliphatic rings. The lowest BCUT2D eigenvalue weighted by Crippen LogP contribution is -1.75. The van der Waals surface area contributed by atoms with Gasteiger partial charge in [0.25, 0.3) is 0 Å². The molecule has 62 valence electrons. The van der Waals surface area contributed by atoms with Gasteiger partial charge in [0, 0.05) is 5.02 Å². The molecule has 0 N–H and O–H groups in total. The highest BCUT2D eigenvalue weighted by molar-refractivity contribution is 6.30. The van der Waals surface area contributed by atoms with E-state index in [0.717, 1.165) is 6.08 Å². The molecule has 3 heteroatoms. The second-order valence-electron chi connectivity index (χ2n) is 2.20. The minimum atomic E-state index is -0.794. The van der Waals surface area contributed by atoms with Crippen LogP contribution in [0, 0.1) is 0 Å². The Morgan fingerprint density at radius 3 is 2.42 bits per heavy atom. The number of carbonyl (C=O) groups excluding carboxylic acids is 1. The Bertz CT molecular complexity index is 303. The summed E-state index contributed by atoms with van der Waals surface area (Å²) in [7, 11) is 0. The lowest BCUT2D eigenvalue weighted by atomic mass is 10.2. The Morgan fingerprint density at radius 1 is 1.33 bits per heavy atom. The average Bonchev–Trinajstić information content (AvgIpc) is 2.09. The Hall–Kier alpha value is -1.15. The first-order valence-electron chi connectivity index (χ1n) is 3.30. The molecule has 0 fully saturated rings. The molecule has 0 aliphatic carbocycles. The second-order valence-corrected chi connectivity index (χ2v) is 2.64. The molecule has 0 saturated carbocycles. The van der Waals surface area contributed by atoms with E-state index in [9.17, 15) is 9.18 Å². The number of rotatable bonds is 2. The van der Waals surface area contributed by atoms with Gasteiger partial charge >= 0.3 is 0 Å². The average molecular weight is 185 g/mol. The first kappa shape index (κ1) is 8.94. The molecule has 1 nitrogen and oxygen atoms in total. The summed E-state index contributed by atoms with van der Waals surface area (Å²) in [4.78, 5) is 9.91. The summed E-state index contributed by atoms with van der Waals surface area (Å²) in [6.45, 7) is 0. The molecule has 0 aromatic heterocycles. The molecule has 0 aliphatic heterocycles. The molecule has 0 saturated heterocycles. The quantitative estimate of drug-likeness (QED) is 0.510. The molecule has 0 amide bonds. The van der Waals surface area contributed by atoms with Crippen LogP contribution in [0.4, 0.5) is 4.39 Å². The van der Waals surface area contributed by atoms with Gasteiger partial charge in [0.15, 0.2) is 12.1 Å². The molecular formula is C9H6ClFO. The van der Waals surface area contributed by atoms with Crippen molar-refractivity contribution in [2.75, 3.05) is 0 Å². The number of allylic oxidation sites excluding steroid dienone is 1. The van der Waals surface area contributed by atoms with Gasteiger partial charge in [-0.1, -0.05) is 23.7 Å². The molecular weight excluding hydrogens is 179 g/mol. The van der Waals surface area contributed by atoms with Crippen molar-refractivity contribution in [1.82, 2.24) is 0 Å². The van der Waals surface area contributed by atoms with Crippen molar-refractivity contribution in [1.29, 1.82) is 0 Å². The fourth-order valence-corrected chi connectivity index (χ4v) is 0.878. The molecule has 0 unspecified atom stereocenters. The van der Waals surface area contributed by atoms with Crippen LogP contribution >= 0.6 is 11.6 Å². The Labute approximate surface area is 74.5 Å². The van der Waals surface area contributed by atoms with E-state index in [-0.39, 0.29) is 6.29 Å². The number of hydrogen-bond donors (Lipinski definition) is 0. The monoisotopic (exact) mass is 184 g/mol. The molecule has 0 atom stereocenters. The van der Waals surface area contributed by atoms with E-state index in [0.29, 0.717) is 10.6 Å². The van der Waals surface area contributed by atoms with Crippen molar-refractivity contribution >= 4 is 24.0 Å². The Morgan fingerprint density at radius 2 is 1.92 bits per heavy atom. The van der Waals surface area contributed by atoms with Gasteiger partial charge in [-0.2, -0.15) is 0 Å². The summed E-state index contributed by atoms with van der Waals surface area (Å²) in [5.74, 6) is -0.794. The van der Waals surface area contributed by atoms with Gasteiger partial charge < -0.3 is 0 Å². The van der Waals surface area contributed by atoms with Crippen LogP contribution in [0.25, 0.3) is 6.08 Å². The third-order valence-corrected chi connectivity index (χ3v) is 1.54. The van der Waals surface area contributed by atoms with Crippen LogP contribution in [-0.2, 0) is 4.79 Å². The van der Waals surface area contributed by atoms with Gasteiger partial charge in [0.2, 0.25) is 0 Å². The zero-order valence-corrected chi connectivity index (χ0v) is 6.88. The van der Waals surface area contributed by atoms with Gasteiger partial charge in [0.1, 0.15) is 0 Å². The van der Waals surface area contributed by atoms with Crippen molar-refractivity contribution in [3.05, 3.63) is 40.7 Å². The molecule has 1 aromatic carbocycles. The summed E-state index contributed by atoms with van der Waals surface area (Å²) in [6, 6.07) is 6.52. The highest BCUT2D eigenvalue weighted by atomic mass is 35.5. The summed E-state index contributed by atoms with van der Waals surface area (Å²) >= 11 is 5.60. The normalized spacial score (nSPS) is 11.3. The predicted molar refractivity (Wildman–Crippen MR) is 46.6 cm³/mol. The van der Waals surface area contributed by atoms with Gasteiger partial charge in [-0.15, -0.1) is 0 Å². The number of hydrogen-bond acceptors (Lipinski definition) is 1. The zero-order valence-electron chi connectivity index (χ0n) is 6.13. The van der Waals surface area contributed by atoms with Crippen LogP contribution in [0.3, 0.4) is 0 Å². The number of benzene rings is 1. The van der Waals surface area contributed by atoms with Crippen molar-refractivity contribution in [3.63, 3.8) is 0 Å². The summed E-state index contributed by atoms with van der Waals surface area (Å²) in [5.41, 5.74) is 0.615. The molecule has 0 radical (unpaired) electrons. The summed E-state index contributed by atoms with van der Waals surface area (Å²) in [6.07, 6.45) is 1.30. The Balaban J connectivity index is 2.91. The maximum absolute atomic E-state index is 12.4. The predicted octanol–water partition coefficient (Wildman–Crippen LogP) is 2.85. The summed E-state index contributed by atoms with van der Waals surface area (Å²) < 4.78 is 12.4. The first-order chi connectivity index (χ1) is 5.72. The van der Waals surface area contributed by atoms with Crippen molar-refractivity contribution in [2.24, 2.45) is 0 Å². The third-order valence-electron chi connectivity index (χ3n) is 1.29. The zero-order chi connectivity index (χ0) is 8.97. The van der Waals surface area contributed by atoms with Gasteiger partial charge in [-0.25, -0.2) is 4.39 Å². The molecule has 0 heterocycles. The number of halogens is 2. The van der Waals surface area contributed by atoms with Crippen molar-refractivity contribution in [2.45, 2.75) is 0 Å². The number of carbonyl (C=O) groups is 1. The van der Waals surface area contributed by atoms with Gasteiger partial charge in [-0.3, -0.25) is 4.79 Å². The van der Waals surface area contributed by atoms with E-state index in [1.54, 1.807) is 24.3 Å². The molecule has 1 rings (SSSR count). The molecule has 1 aromatic rings. The maximum Gasteiger partial charge on any atom is 0.178 e. The van der Waals surface area contributed by atoms with E-state index >= 15 is 0 Å². The third kappa shape index (κ3) is 2.47. The minimum Gasteiger partial charge on any atom is -0.295 e. The van der Waals surface area contributed by atoms with Crippen molar-refractivity contribution < 1.29 is 9.18 Å². The van der Waals surface area contributed by atoms with Crippen molar-refractivity contribution in [3.8, 4) is 0 Å². The molecule has 0 bridgehead atoms. The number of aldehydes is 1. The second kappa shape index (κ2) is 4.02. The fraction of sp³-hybridized carbons (Fsp3) is 0. The van der Waals surface area contributed by atoms with E-state index in [2.05, 4.69) is 0 Å². The highest BCUT2D eigenvalue weighted by Crippen LogP contribution is 2.12. The van der Waals surface area contributed by atoms with Gasteiger partial charge in [-0.05, 0) is 23.8 Å². The van der Waals surface area contributed by atoms with Crippen LogP contribution in [0.1, 0.15) is 5.56 Å². The largest absolute Gasteiger partial charge is 0.295 e. The van der Waals surface area contributed by atoms with E-state index in [4.69, 9.17) is 11.6 Å². The standard InChI is InChI=1S/C9H6ClFO/c10-8-3-1-7(2-4-8)5-9(11)6-12/h1-6H/b9-5+. The minimum absolute atomic E-state index is 0.161. The van der Waals surface area contributed by atoms with Crippen LogP contribution in [0.15, 0.2) is 30.1 Å². The fourth-order valence-electron chi connectivity index (χ4n) is 0.752. The van der Waals surface area contributed by atoms with E-state index < -0.39 is 5.83 Å². The maximum atomic E-state index is 12.4. The Kier molecular flexibility index (Phi) is 3.00. The van der Waals surface area contributed by atoms with Gasteiger partial charge in [0.05, 0.1) is 0 Å². The lowest BCUT2D eigenvalue weighted by molar-refractivity contribution is -0.106. The van der Waals surface area contributed by atoms with Crippen LogP contribution in [-0.4, -0.2) is 6.29 Å². The first-order valence-corrected chi connectivity index (χ1v) is 3.68. The molecule has 12 heavy (non-hydrogen) atoms. The topological polar surface area (TPSA) is 17.1 Å². The van der Waals surface area contributed by atoms with E-state index in [1.807, 2.05) is 0 Å². The van der Waals surface area contributed by atoms with Crippen LogP contribution in [0.2, 0.25) is 5.02 Å².